The molecule has 5 heteroatoms. The minimum atomic E-state index is 0.0986. The van der Waals surface area contributed by atoms with Crippen LogP contribution in [0.4, 0.5) is 5.69 Å². The van der Waals surface area contributed by atoms with Crippen molar-refractivity contribution in [1.82, 2.24) is 4.90 Å². The number of rotatable bonds is 3. The molecular weight excluding hydrogens is 364 g/mol. The van der Waals surface area contributed by atoms with Gasteiger partial charge in [0.15, 0.2) is 0 Å². The lowest BCUT2D eigenvalue weighted by Gasteiger charge is -2.38. The average molecular weight is 390 g/mol. The highest BCUT2D eigenvalue weighted by atomic mass is 16.5. The number of allylic oxidation sites excluding steroid dienone is 2. The van der Waals surface area contributed by atoms with E-state index in [0.29, 0.717) is 38.1 Å². The summed E-state index contributed by atoms with van der Waals surface area (Å²) in [5.74, 6) is 1.73. The maximum Gasteiger partial charge on any atom is 0.254 e. The molecular formula is C24H26N2O3. The first-order valence-electron chi connectivity index (χ1n) is 10.3. The van der Waals surface area contributed by atoms with Gasteiger partial charge >= 0.3 is 0 Å². The molecule has 1 aliphatic carbocycles. The number of ether oxygens (including phenoxy) is 2. The molecule has 2 heterocycles. The summed E-state index contributed by atoms with van der Waals surface area (Å²) in [5, 5.41) is 3.74. The normalized spacial score (nSPS) is 25.1. The topological polar surface area (TPSA) is 50.8 Å². The standard InChI is InChI=1S/C24H26N2O3/c1-28-22-8-3-2-5-19(22)23-18-7-4-6-17(18)20-15-16(9-10-21(20)25-23)24(27)26-11-13-29-14-12-26/h2-6,8-10,15,17-18,23,25H,7,11-14H2,1H3. The molecule has 0 aromatic heterocycles. The van der Waals surface area contributed by atoms with Crippen LogP contribution >= 0.6 is 0 Å². The molecule has 0 saturated carbocycles. The molecule has 2 aromatic rings. The summed E-state index contributed by atoms with van der Waals surface area (Å²) >= 11 is 0. The molecule has 2 aromatic carbocycles. The Bertz CT molecular complexity index is 949. The van der Waals surface area contributed by atoms with E-state index in [1.807, 2.05) is 23.1 Å². The summed E-state index contributed by atoms with van der Waals surface area (Å²) in [6.45, 7) is 2.56. The van der Waals surface area contributed by atoms with Crippen molar-refractivity contribution in [2.75, 3.05) is 38.7 Å². The van der Waals surface area contributed by atoms with Gasteiger partial charge in [-0.05, 0) is 42.2 Å². The van der Waals surface area contributed by atoms with Gasteiger partial charge in [-0.2, -0.15) is 0 Å². The first-order valence-corrected chi connectivity index (χ1v) is 10.3. The minimum absolute atomic E-state index is 0.0986. The molecule has 5 nitrogen and oxygen atoms in total. The van der Waals surface area contributed by atoms with Gasteiger partial charge in [0.2, 0.25) is 0 Å². The van der Waals surface area contributed by atoms with E-state index in [9.17, 15) is 4.79 Å². The van der Waals surface area contributed by atoms with Crippen LogP contribution in [0.1, 0.15) is 39.9 Å². The van der Waals surface area contributed by atoms with Gasteiger partial charge in [0.05, 0.1) is 26.4 Å². The SMILES string of the molecule is COc1ccccc1C1Nc2ccc(C(=O)N3CCOCC3)cc2C2C=CCC21. The smallest absolute Gasteiger partial charge is 0.254 e. The van der Waals surface area contributed by atoms with Gasteiger partial charge in [-0.1, -0.05) is 30.4 Å². The van der Waals surface area contributed by atoms with Crippen LogP contribution in [0.25, 0.3) is 0 Å². The number of nitrogens with one attached hydrogen (secondary N) is 1. The highest BCUT2D eigenvalue weighted by molar-refractivity contribution is 5.95. The third-order valence-corrected chi connectivity index (χ3v) is 6.38. The number of amides is 1. The fraction of sp³-hybridized carbons (Fsp3) is 0.375. The first-order chi connectivity index (χ1) is 14.3. The third-order valence-electron chi connectivity index (χ3n) is 6.38. The fourth-order valence-electron chi connectivity index (χ4n) is 4.91. The van der Waals surface area contributed by atoms with E-state index in [1.54, 1.807) is 7.11 Å². The highest BCUT2D eigenvalue weighted by Gasteiger charge is 2.39. The van der Waals surface area contributed by atoms with Gasteiger partial charge < -0.3 is 19.7 Å². The number of carbonyl (C=O) groups excluding carboxylic acids is 1. The average Bonchev–Trinajstić information content (AvgIpc) is 3.28. The van der Waals surface area contributed by atoms with Crippen LogP contribution in [-0.4, -0.2) is 44.2 Å². The van der Waals surface area contributed by atoms with Crippen LogP contribution in [0.15, 0.2) is 54.6 Å². The van der Waals surface area contributed by atoms with E-state index in [2.05, 4.69) is 41.7 Å². The Morgan fingerprint density at radius 3 is 2.79 bits per heavy atom. The molecule has 150 valence electrons. The summed E-state index contributed by atoms with van der Waals surface area (Å²) in [4.78, 5) is 14.9. The third kappa shape index (κ3) is 3.19. The first kappa shape index (κ1) is 18.3. The van der Waals surface area contributed by atoms with Crippen LogP contribution in [0.5, 0.6) is 5.75 Å². The van der Waals surface area contributed by atoms with Gasteiger partial charge in [0, 0.05) is 35.8 Å². The van der Waals surface area contributed by atoms with Gasteiger partial charge in [0.25, 0.3) is 5.91 Å². The molecule has 29 heavy (non-hydrogen) atoms. The van der Waals surface area contributed by atoms with Gasteiger partial charge in [-0.15, -0.1) is 0 Å². The maximum atomic E-state index is 13.0. The number of fused-ring (bicyclic) bond motifs is 3. The molecule has 1 N–H and O–H groups in total. The number of benzene rings is 2. The molecule has 3 unspecified atom stereocenters. The second kappa shape index (κ2) is 7.56. The summed E-state index contributed by atoms with van der Waals surface area (Å²) in [6, 6.07) is 14.5. The van der Waals surface area contributed by atoms with E-state index >= 15 is 0 Å². The Hall–Kier alpha value is -2.79. The molecule has 0 radical (unpaired) electrons. The zero-order valence-corrected chi connectivity index (χ0v) is 16.6. The number of methoxy groups -OCH3 is 1. The minimum Gasteiger partial charge on any atom is -0.496 e. The number of anilines is 1. The van der Waals surface area contributed by atoms with Crippen molar-refractivity contribution in [1.29, 1.82) is 0 Å². The zero-order valence-electron chi connectivity index (χ0n) is 16.6. The molecule has 1 saturated heterocycles. The van der Waals surface area contributed by atoms with Crippen molar-refractivity contribution in [2.24, 2.45) is 5.92 Å². The van der Waals surface area contributed by atoms with Crippen molar-refractivity contribution in [3.05, 3.63) is 71.3 Å². The van der Waals surface area contributed by atoms with Crippen LogP contribution < -0.4 is 10.1 Å². The van der Waals surface area contributed by atoms with Gasteiger partial charge in [0.1, 0.15) is 5.75 Å². The Morgan fingerprint density at radius 1 is 1.14 bits per heavy atom. The van der Waals surface area contributed by atoms with Crippen molar-refractivity contribution in [2.45, 2.75) is 18.4 Å². The molecule has 0 bridgehead atoms. The monoisotopic (exact) mass is 390 g/mol. The fourth-order valence-corrected chi connectivity index (χ4v) is 4.91. The molecule has 2 aliphatic heterocycles. The van der Waals surface area contributed by atoms with Crippen LogP contribution in [0.3, 0.4) is 0 Å². The maximum absolute atomic E-state index is 13.0. The van der Waals surface area contributed by atoms with Crippen molar-refractivity contribution in [3.63, 3.8) is 0 Å². The number of nitrogens with zero attached hydrogens (tertiary/aromatic N) is 1. The number of hydrogen-bond donors (Lipinski definition) is 1. The van der Waals surface area contributed by atoms with E-state index < -0.39 is 0 Å². The van der Waals surface area contributed by atoms with Gasteiger partial charge in [-0.3, -0.25) is 4.79 Å². The number of hydrogen-bond acceptors (Lipinski definition) is 4. The predicted molar refractivity (Wildman–Crippen MR) is 113 cm³/mol. The number of morpholine rings is 1. The van der Waals surface area contributed by atoms with E-state index in [4.69, 9.17) is 9.47 Å². The van der Waals surface area contributed by atoms with E-state index in [1.165, 1.54) is 11.1 Å². The van der Waals surface area contributed by atoms with Gasteiger partial charge in [-0.25, -0.2) is 0 Å². The molecule has 0 spiro atoms. The molecule has 3 atom stereocenters. The Labute approximate surface area is 171 Å². The van der Waals surface area contributed by atoms with Crippen LogP contribution in [0, 0.1) is 5.92 Å². The van der Waals surface area contributed by atoms with E-state index in [-0.39, 0.29) is 11.9 Å². The molecule has 3 aliphatic rings. The summed E-state index contributed by atoms with van der Waals surface area (Å²) in [6.07, 6.45) is 5.59. The predicted octanol–water partition coefficient (Wildman–Crippen LogP) is 3.99. The lowest BCUT2D eigenvalue weighted by atomic mass is 9.76. The van der Waals surface area contributed by atoms with Crippen LogP contribution in [-0.2, 0) is 4.74 Å². The van der Waals surface area contributed by atoms with Crippen LogP contribution in [0.2, 0.25) is 0 Å². The van der Waals surface area contributed by atoms with Crippen molar-refractivity contribution < 1.29 is 14.3 Å². The summed E-state index contributed by atoms with van der Waals surface area (Å²) in [5.41, 5.74) is 4.27. The Morgan fingerprint density at radius 2 is 1.97 bits per heavy atom. The van der Waals surface area contributed by atoms with E-state index in [0.717, 1.165) is 23.4 Å². The summed E-state index contributed by atoms with van der Waals surface area (Å²) in [7, 11) is 1.73. The Kier molecular flexibility index (Phi) is 4.76. The highest BCUT2D eigenvalue weighted by Crippen LogP contribution is 2.51. The van der Waals surface area contributed by atoms with Crippen molar-refractivity contribution in [3.8, 4) is 5.75 Å². The molecule has 1 fully saturated rings. The molecule has 5 rings (SSSR count). The lowest BCUT2D eigenvalue weighted by molar-refractivity contribution is 0.0303. The van der Waals surface area contributed by atoms with Crippen molar-refractivity contribution >= 4 is 11.6 Å². The second-order valence-corrected chi connectivity index (χ2v) is 7.92. The quantitative estimate of drug-likeness (QED) is 0.805. The molecule has 1 amide bonds. The summed E-state index contributed by atoms with van der Waals surface area (Å²) < 4.78 is 11.0. The lowest BCUT2D eigenvalue weighted by Crippen LogP contribution is -2.40. The number of carbonyl (C=O) groups is 1. The zero-order chi connectivity index (χ0) is 19.8. The largest absolute Gasteiger partial charge is 0.496 e. The second-order valence-electron chi connectivity index (χ2n) is 7.92. The Balaban J connectivity index is 1.49. The number of para-hydroxylation sites is 1.